The molecule has 28 heavy (non-hydrogen) atoms. The third-order valence-electron chi connectivity index (χ3n) is 3.87. The summed E-state index contributed by atoms with van der Waals surface area (Å²) < 4.78 is 13.4. The topological polar surface area (TPSA) is 81.8 Å². The number of amides is 1. The van der Waals surface area contributed by atoms with Crippen molar-refractivity contribution < 1.29 is 9.18 Å². The summed E-state index contributed by atoms with van der Waals surface area (Å²) in [5, 5.41) is 10.3. The minimum absolute atomic E-state index is 0.189. The quantitative estimate of drug-likeness (QED) is 0.301. The first kappa shape index (κ1) is 19.3. The Morgan fingerprint density at radius 1 is 1.14 bits per heavy atom. The molecule has 142 valence electrons. The molecule has 2 heterocycles. The van der Waals surface area contributed by atoms with E-state index < -0.39 is 11.7 Å². The van der Waals surface area contributed by atoms with Gasteiger partial charge in [-0.15, -0.1) is 0 Å². The standard InChI is InChI=1S/C20H18FN5OS/c21-17-4-2-1-3-14(17)5-6-18(27)22-11-12-25-20(28)26-13-15-7-9-23-19-16(15)8-10-24-19/h1-4,7-10H,11-13H2,(H,22,27)(H,23,24)(H2,25,26,28). The van der Waals surface area contributed by atoms with E-state index >= 15 is 0 Å². The first-order chi connectivity index (χ1) is 13.6. The predicted octanol–water partition coefficient (Wildman–Crippen LogP) is 1.83. The van der Waals surface area contributed by atoms with Gasteiger partial charge in [0.25, 0.3) is 5.91 Å². The molecule has 1 amide bonds. The highest BCUT2D eigenvalue weighted by Gasteiger charge is 2.03. The number of nitrogens with one attached hydrogen (secondary N) is 4. The number of pyridine rings is 1. The zero-order chi connectivity index (χ0) is 19.8. The molecule has 0 aliphatic rings. The van der Waals surface area contributed by atoms with Gasteiger partial charge < -0.3 is 20.9 Å². The van der Waals surface area contributed by atoms with Crippen LogP contribution in [0, 0.1) is 17.7 Å². The van der Waals surface area contributed by atoms with Gasteiger partial charge in [-0.25, -0.2) is 9.37 Å². The highest BCUT2D eigenvalue weighted by Crippen LogP contribution is 2.14. The minimum atomic E-state index is -0.476. The van der Waals surface area contributed by atoms with Crippen LogP contribution >= 0.6 is 12.2 Å². The number of thiocarbonyl (C=S) groups is 1. The molecule has 0 unspecified atom stereocenters. The predicted molar refractivity (Wildman–Crippen MR) is 110 cm³/mol. The molecule has 0 radical (unpaired) electrons. The Bertz CT molecular complexity index is 1050. The zero-order valence-electron chi connectivity index (χ0n) is 14.9. The summed E-state index contributed by atoms with van der Waals surface area (Å²) in [5.74, 6) is 3.95. The summed E-state index contributed by atoms with van der Waals surface area (Å²) in [4.78, 5) is 19.0. The molecule has 3 aromatic rings. The Kier molecular flexibility index (Phi) is 6.54. The lowest BCUT2D eigenvalue weighted by Gasteiger charge is -2.11. The van der Waals surface area contributed by atoms with Crippen LogP contribution in [0.25, 0.3) is 11.0 Å². The molecule has 4 N–H and O–H groups in total. The van der Waals surface area contributed by atoms with Gasteiger partial charge in [0.1, 0.15) is 11.5 Å². The number of nitrogens with zero attached hydrogens (tertiary/aromatic N) is 1. The van der Waals surface area contributed by atoms with Gasteiger partial charge in [-0.05, 0) is 42.0 Å². The molecule has 0 saturated heterocycles. The summed E-state index contributed by atoms with van der Waals surface area (Å²) in [6.07, 6.45) is 3.58. The lowest BCUT2D eigenvalue weighted by molar-refractivity contribution is -0.115. The fraction of sp³-hybridized carbons (Fsp3) is 0.150. The Morgan fingerprint density at radius 2 is 1.96 bits per heavy atom. The van der Waals surface area contributed by atoms with Gasteiger partial charge in [0.05, 0.1) is 5.56 Å². The number of rotatable bonds is 5. The maximum Gasteiger partial charge on any atom is 0.296 e. The van der Waals surface area contributed by atoms with E-state index in [1.54, 1.807) is 18.3 Å². The lowest BCUT2D eigenvalue weighted by Crippen LogP contribution is -2.39. The number of hydrogen-bond donors (Lipinski definition) is 4. The molecule has 3 rings (SSSR count). The van der Waals surface area contributed by atoms with Crippen molar-refractivity contribution in [2.75, 3.05) is 13.1 Å². The van der Waals surface area contributed by atoms with E-state index in [-0.39, 0.29) is 5.56 Å². The molecule has 0 fully saturated rings. The number of fused-ring (bicyclic) bond motifs is 1. The second-order valence-corrected chi connectivity index (χ2v) is 6.21. The average molecular weight is 395 g/mol. The number of H-pyrrole nitrogens is 1. The van der Waals surface area contributed by atoms with E-state index in [2.05, 4.69) is 37.8 Å². The maximum absolute atomic E-state index is 13.4. The van der Waals surface area contributed by atoms with Crippen molar-refractivity contribution in [1.29, 1.82) is 0 Å². The summed E-state index contributed by atoms with van der Waals surface area (Å²) in [5.41, 5.74) is 2.10. The average Bonchev–Trinajstić information content (AvgIpc) is 3.18. The molecule has 0 atom stereocenters. The van der Waals surface area contributed by atoms with E-state index in [1.807, 2.05) is 18.3 Å². The monoisotopic (exact) mass is 395 g/mol. The van der Waals surface area contributed by atoms with Crippen molar-refractivity contribution >= 4 is 34.3 Å². The Labute approximate surface area is 166 Å². The van der Waals surface area contributed by atoms with Crippen LogP contribution in [0.15, 0.2) is 48.8 Å². The second-order valence-electron chi connectivity index (χ2n) is 5.81. The van der Waals surface area contributed by atoms with Gasteiger partial charge in [0.2, 0.25) is 0 Å². The van der Waals surface area contributed by atoms with Crippen molar-refractivity contribution in [2.45, 2.75) is 6.54 Å². The van der Waals surface area contributed by atoms with Crippen molar-refractivity contribution in [3.8, 4) is 11.8 Å². The number of carbonyl (C=O) groups is 1. The lowest BCUT2D eigenvalue weighted by atomic mass is 10.2. The van der Waals surface area contributed by atoms with Crippen LogP contribution in [0.3, 0.4) is 0 Å². The number of hydrogen-bond acceptors (Lipinski definition) is 3. The smallest absolute Gasteiger partial charge is 0.296 e. The molecule has 2 aromatic heterocycles. The summed E-state index contributed by atoms with van der Waals surface area (Å²) in [6, 6.07) is 9.95. The van der Waals surface area contributed by atoms with Gasteiger partial charge in [-0.1, -0.05) is 18.1 Å². The number of benzene rings is 1. The van der Waals surface area contributed by atoms with Crippen LogP contribution in [0.2, 0.25) is 0 Å². The fourth-order valence-electron chi connectivity index (χ4n) is 2.49. The zero-order valence-corrected chi connectivity index (χ0v) is 15.7. The summed E-state index contributed by atoms with van der Waals surface area (Å²) >= 11 is 5.24. The number of halogens is 1. The van der Waals surface area contributed by atoms with Crippen LogP contribution in [-0.2, 0) is 11.3 Å². The van der Waals surface area contributed by atoms with E-state index in [9.17, 15) is 9.18 Å². The van der Waals surface area contributed by atoms with Gasteiger partial charge in [-0.2, -0.15) is 0 Å². The first-order valence-electron chi connectivity index (χ1n) is 8.60. The van der Waals surface area contributed by atoms with Gasteiger partial charge in [0, 0.05) is 43.3 Å². The van der Waals surface area contributed by atoms with E-state index in [0.717, 1.165) is 16.6 Å². The van der Waals surface area contributed by atoms with Gasteiger partial charge in [0.15, 0.2) is 5.11 Å². The normalized spacial score (nSPS) is 10.0. The molecule has 0 aliphatic heterocycles. The molecule has 0 spiro atoms. The molecular weight excluding hydrogens is 377 g/mol. The van der Waals surface area contributed by atoms with Crippen LogP contribution in [-0.4, -0.2) is 34.1 Å². The van der Waals surface area contributed by atoms with Gasteiger partial charge in [-0.3, -0.25) is 4.79 Å². The van der Waals surface area contributed by atoms with E-state index in [0.29, 0.717) is 24.7 Å². The molecule has 1 aromatic carbocycles. The first-order valence-corrected chi connectivity index (χ1v) is 9.01. The molecule has 8 heteroatoms. The van der Waals surface area contributed by atoms with Crippen LogP contribution < -0.4 is 16.0 Å². The highest BCUT2D eigenvalue weighted by molar-refractivity contribution is 7.80. The molecule has 0 saturated carbocycles. The van der Waals surface area contributed by atoms with E-state index in [4.69, 9.17) is 12.2 Å². The summed E-state index contributed by atoms with van der Waals surface area (Å²) in [7, 11) is 0. The number of aromatic amines is 1. The fourth-order valence-corrected chi connectivity index (χ4v) is 2.67. The molecular formula is C20H18FN5OS. The largest absolute Gasteiger partial charge is 0.361 e. The van der Waals surface area contributed by atoms with Crippen LogP contribution in [0.1, 0.15) is 11.1 Å². The van der Waals surface area contributed by atoms with Crippen molar-refractivity contribution in [3.63, 3.8) is 0 Å². The number of aromatic nitrogens is 2. The number of carbonyl (C=O) groups excluding carboxylic acids is 1. The van der Waals surface area contributed by atoms with Crippen LogP contribution in [0.5, 0.6) is 0 Å². The van der Waals surface area contributed by atoms with Crippen LogP contribution in [0.4, 0.5) is 4.39 Å². The third-order valence-corrected chi connectivity index (χ3v) is 4.16. The third kappa shape index (κ3) is 5.28. The molecule has 0 aliphatic carbocycles. The maximum atomic E-state index is 13.4. The highest BCUT2D eigenvalue weighted by atomic mass is 32.1. The second kappa shape index (κ2) is 9.48. The van der Waals surface area contributed by atoms with Gasteiger partial charge >= 0.3 is 0 Å². The Morgan fingerprint density at radius 3 is 2.82 bits per heavy atom. The van der Waals surface area contributed by atoms with E-state index in [1.165, 1.54) is 12.1 Å². The minimum Gasteiger partial charge on any atom is -0.361 e. The molecule has 0 bridgehead atoms. The van der Waals surface area contributed by atoms with Crippen molar-refractivity contribution in [2.24, 2.45) is 0 Å². The summed E-state index contributed by atoms with van der Waals surface area (Å²) in [6.45, 7) is 1.34. The van der Waals surface area contributed by atoms with Crippen molar-refractivity contribution in [1.82, 2.24) is 25.9 Å². The van der Waals surface area contributed by atoms with Crippen molar-refractivity contribution in [3.05, 3.63) is 65.7 Å². The Balaban J connectivity index is 1.37. The SMILES string of the molecule is O=C(C#Cc1ccccc1F)NCCNC(=S)NCc1ccnc2[nH]ccc12. The Hall–Kier alpha value is -3.44. The molecule has 6 nitrogen and oxygen atoms in total.